The van der Waals surface area contributed by atoms with Crippen molar-refractivity contribution in [1.29, 1.82) is 0 Å². The van der Waals surface area contributed by atoms with Crippen LogP contribution in [0.2, 0.25) is 0 Å². The first-order valence-electron chi connectivity index (χ1n) is 5.50. The average Bonchev–Trinajstić information content (AvgIpc) is 2.76. The first-order valence-corrected chi connectivity index (χ1v) is 6.29. The maximum Gasteiger partial charge on any atom is 0.128 e. The molecule has 0 aliphatic carbocycles. The van der Waals surface area contributed by atoms with Crippen molar-refractivity contribution in [1.82, 2.24) is 10.3 Å². The van der Waals surface area contributed by atoms with Gasteiger partial charge in [-0.15, -0.1) is 0 Å². The Morgan fingerprint density at radius 1 is 1.56 bits per heavy atom. The van der Waals surface area contributed by atoms with Crippen LogP contribution in [0.3, 0.4) is 0 Å². The maximum atomic E-state index is 8.75. The normalized spacial score (nSPS) is 20.4. The third-order valence-corrected chi connectivity index (χ3v) is 3.24. The Hall–Kier alpha value is -0.650. The van der Waals surface area contributed by atoms with Gasteiger partial charge < -0.3 is 15.3 Å². The number of hydrogen-bond acceptors (Lipinski definition) is 4. The van der Waals surface area contributed by atoms with Crippen LogP contribution in [0.15, 0.2) is 22.8 Å². The molecule has 1 fully saturated rings. The number of aliphatic hydroxyl groups excluding tert-OH is 1. The predicted molar refractivity (Wildman–Crippen MR) is 67.6 cm³/mol. The first-order chi connectivity index (χ1) is 7.79. The van der Waals surface area contributed by atoms with E-state index in [4.69, 9.17) is 5.11 Å². The molecule has 0 amide bonds. The number of anilines is 1. The monoisotopic (exact) mass is 285 g/mol. The lowest BCUT2D eigenvalue weighted by Crippen LogP contribution is -2.34. The van der Waals surface area contributed by atoms with Crippen molar-refractivity contribution in [2.45, 2.75) is 12.5 Å². The third-order valence-electron chi connectivity index (χ3n) is 2.77. The molecule has 0 saturated carbocycles. The van der Waals surface area contributed by atoms with E-state index < -0.39 is 0 Å². The lowest BCUT2D eigenvalue weighted by molar-refractivity contribution is 0.286. The molecule has 0 spiro atoms. The summed E-state index contributed by atoms with van der Waals surface area (Å²) in [7, 11) is 0. The molecule has 1 aromatic heterocycles. The standard InChI is InChI=1S/C11H16BrN3O/c12-9-1-2-11(14-7-9)15-5-3-10(8-15)13-4-6-16/h1-2,7,10,13,16H,3-6,8H2. The van der Waals surface area contributed by atoms with Crippen molar-refractivity contribution in [2.24, 2.45) is 0 Å². The lowest BCUT2D eigenvalue weighted by atomic mass is 10.3. The molecule has 88 valence electrons. The van der Waals surface area contributed by atoms with E-state index in [0.717, 1.165) is 29.8 Å². The number of nitrogens with zero attached hydrogens (tertiary/aromatic N) is 2. The van der Waals surface area contributed by atoms with Gasteiger partial charge in [-0.25, -0.2) is 4.98 Å². The summed E-state index contributed by atoms with van der Waals surface area (Å²) in [6, 6.07) is 4.51. The minimum absolute atomic E-state index is 0.201. The Balaban J connectivity index is 1.90. The van der Waals surface area contributed by atoms with Gasteiger partial charge in [-0.2, -0.15) is 0 Å². The zero-order valence-electron chi connectivity index (χ0n) is 9.06. The summed E-state index contributed by atoms with van der Waals surface area (Å²) in [5, 5.41) is 12.1. The van der Waals surface area contributed by atoms with Crippen LogP contribution in [0.4, 0.5) is 5.82 Å². The van der Waals surface area contributed by atoms with Crippen LogP contribution in [0.25, 0.3) is 0 Å². The van der Waals surface area contributed by atoms with E-state index in [2.05, 4.69) is 31.1 Å². The van der Waals surface area contributed by atoms with Gasteiger partial charge in [0.15, 0.2) is 0 Å². The van der Waals surface area contributed by atoms with Gasteiger partial charge in [-0.1, -0.05) is 0 Å². The van der Waals surface area contributed by atoms with E-state index in [1.807, 2.05) is 18.3 Å². The minimum atomic E-state index is 0.201. The molecule has 1 aliphatic heterocycles. The maximum absolute atomic E-state index is 8.75. The second kappa shape index (κ2) is 5.61. The molecule has 0 radical (unpaired) electrons. The lowest BCUT2D eigenvalue weighted by Gasteiger charge is -2.17. The van der Waals surface area contributed by atoms with Gasteiger partial charge in [0, 0.05) is 36.3 Å². The van der Waals surface area contributed by atoms with Crippen molar-refractivity contribution >= 4 is 21.7 Å². The first kappa shape index (κ1) is 11.8. The van der Waals surface area contributed by atoms with E-state index in [9.17, 15) is 0 Å². The molecule has 4 nitrogen and oxygen atoms in total. The SMILES string of the molecule is OCCNC1CCN(c2ccc(Br)cn2)C1. The van der Waals surface area contributed by atoms with E-state index >= 15 is 0 Å². The van der Waals surface area contributed by atoms with Gasteiger partial charge >= 0.3 is 0 Å². The van der Waals surface area contributed by atoms with E-state index in [1.54, 1.807) is 0 Å². The number of rotatable bonds is 4. The van der Waals surface area contributed by atoms with Crippen molar-refractivity contribution in [2.75, 3.05) is 31.1 Å². The molecule has 2 rings (SSSR count). The number of nitrogens with one attached hydrogen (secondary N) is 1. The fourth-order valence-electron chi connectivity index (χ4n) is 1.96. The zero-order valence-corrected chi connectivity index (χ0v) is 10.7. The number of aromatic nitrogens is 1. The fourth-order valence-corrected chi connectivity index (χ4v) is 2.19. The summed E-state index contributed by atoms with van der Waals surface area (Å²) < 4.78 is 1.01. The summed E-state index contributed by atoms with van der Waals surface area (Å²) in [6.07, 6.45) is 2.93. The Morgan fingerprint density at radius 2 is 2.44 bits per heavy atom. The van der Waals surface area contributed by atoms with Crippen molar-refractivity contribution < 1.29 is 5.11 Å². The Bertz CT molecular complexity index is 331. The average molecular weight is 286 g/mol. The fraction of sp³-hybridized carbons (Fsp3) is 0.545. The van der Waals surface area contributed by atoms with Crippen LogP contribution >= 0.6 is 15.9 Å². The molecule has 1 atom stereocenters. The van der Waals surface area contributed by atoms with Crippen LogP contribution in [0.5, 0.6) is 0 Å². The van der Waals surface area contributed by atoms with Crippen molar-refractivity contribution in [3.8, 4) is 0 Å². The van der Waals surface area contributed by atoms with Gasteiger partial charge in [-0.05, 0) is 34.5 Å². The largest absolute Gasteiger partial charge is 0.395 e. The summed E-state index contributed by atoms with van der Waals surface area (Å²) in [6.45, 7) is 2.87. The molecular weight excluding hydrogens is 270 g/mol. The highest BCUT2D eigenvalue weighted by Gasteiger charge is 2.22. The highest BCUT2D eigenvalue weighted by atomic mass is 79.9. The summed E-state index contributed by atoms with van der Waals surface area (Å²) in [5.41, 5.74) is 0. The Morgan fingerprint density at radius 3 is 3.12 bits per heavy atom. The predicted octanol–water partition coefficient (Wildman–Crippen LogP) is 1.00. The zero-order chi connectivity index (χ0) is 11.4. The van der Waals surface area contributed by atoms with Crippen LogP contribution < -0.4 is 10.2 Å². The highest BCUT2D eigenvalue weighted by molar-refractivity contribution is 9.10. The molecule has 1 aromatic rings. The van der Waals surface area contributed by atoms with Gasteiger partial charge in [0.2, 0.25) is 0 Å². The Labute approximate surface area is 104 Å². The molecule has 1 saturated heterocycles. The summed E-state index contributed by atoms with van der Waals surface area (Å²) >= 11 is 3.38. The minimum Gasteiger partial charge on any atom is -0.395 e. The molecule has 1 unspecified atom stereocenters. The second-order valence-electron chi connectivity index (χ2n) is 3.94. The second-order valence-corrected chi connectivity index (χ2v) is 4.86. The molecule has 0 bridgehead atoms. The van der Waals surface area contributed by atoms with Gasteiger partial charge in [0.05, 0.1) is 6.61 Å². The number of hydrogen-bond donors (Lipinski definition) is 2. The Kier molecular flexibility index (Phi) is 4.15. The molecule has 16 heavy (non-hydrogen) atoms. The molecule has 0 aromatic carbocycles. The van der Waals surface area contributed by atoms with E-state index in [1.165, 1.54) is 0 Å². The number of halogens is 1. The van der Waals surface area contributed by atoms with Crippen molar-refractivity contribution in [3.63, 3.8) is 0 Å². The molecule has 2 heterocycles. The van der Waals surface area contributed by atoms with Crippen LogP contribution in [-0.2, 0) is 0 Å². The molecule has 2 N–H and O–H groups in total. The molecular formula is C11H16BrN3O. The van der Waals surface area contributed by atoms with Crippen LogP contribution in [-0.4, -0.2) is 42.4 Å². The van der Waals surface area contributed by atoms with Crippen LogP contribution in [0.1, 0.15) is 6.42 Å². The number of pyridine rings is 1. The van der Waals surface area contributed by atoms with Crippen LogP contribution in [0, 0.1) is 0 Å². The third kappa shape index (κ3) is 2.93. The van der Waals surface area contributed by atoms with E-state index in [-0.39, 0.29) is 6.61 Å². The smallest absolute Gasteiger partial charge is 0.128 e. The summed E-state index contributed by atoms with van der Waals surface area (Å²) in [5.74, 6) is 1.02. The quantitative estimate of drug-likeness (QED) is 0.867. The summed E-state index contributed by atoms with van der Waals surface area (Å²) in [4.78, 5) is 6.64. The highest BCUT2D eigenvalue weighted by Crippen LogP contribution is 2.19. The van der Waals surface area contributed by atoms with E-state index in [0.29, 0.717) is 12.6 Å². The van der Waals surface area contributed by atoms with Crippen molar-refractivity contribution in [3.05, 3.63) is 22.8 Å². The molecule has 5 heteroatoms. The topological polar surface area (TPSA) is 48.4 Å². The molecule has 1 aliphatic rings. The van der Waals surface area contributed by atoms with Gasteiger partial charge in [-0.3, -0.25) is 0 Å². The van der Waals surface area contributed by atoms with Gasteiger partial charge in [0.25, 0.3) is 0 Å². The number of aliphatic hydroxyl groups is 1. The van der Waals surface area contributed by atoms with Gasteiger partial charge in [0.1, 0.15) is 5.82 Å².